The van der Waals surface area contributed by atoms with Crippen LogP contribution in [0.1, 0.15) is 41.0 Å². The third-order valence-corrected chi connectivity index (χ3v) is 5.98. The summed E-state index contributed by atoms with van der Waals surface area (Å²) >= 11 is 1.58. The van der Waals surface area contributed by atoms with Crippen LogP contribution in [0.2, 0.25) is 0 Å². The molecule has 31 heavy (non-hydrogen) atoms. The molecule has 160 valence electrons. The zero-order valence-electron chi connectivity index (χ0n) is 17.7. The van der Waals surface area contributed by atoms with E-state index in [-0.39, 0.29) is 6.04 Å². The Labute approximate surface area is 185 Å². The number of hydrogen-bond donors (Lipinski definition) is 3. The number of methoxy groups -OCH3 is 1. The highest BCUT2D eigenvalue weighted by Crippen LogP contribution is 2.30. The van der Waals surface area contributed by atoms with Crippen LogP contribution in [0, 0.1) is 6.92 Å². The Morgan fingerprint density at radius 2 is 1.94 bits per heavy atom. The van der Waals surface area contributed by atoms with E-state index in [2.05, 4.69) is 25.6 Å². The number of ether oxygens (including phenoxy) is 1. The topological polar surface area (TPSA) is 92.2 Å². The fraction of sp³-hybridized carbons (Fsp3) is 0.261. The van der Waals surface area contributed by atoms with Crippen molar-refractivity contribution < 1.29 is 9.84 Å². The lowest BCUT2D eigenvalue weighted by atomic mass is 10.2. The largest absolute Gasteiger partial charge is 0.497 e. The van der Waals surface area contributed by atoms with Crippen molar-refractivity contribution in [3.8, 4) is 5.75 Å². The Morgan fingerprint density at radius 1 is 1.13 bits per heavy atom. The third kappa shape index (κ3) is 4.99. The quantitative estimate of drug-likeness (QED) is 0.354. The molecule has 0 aliphatic heterocycles. The van der Waals surface area contributed by atoms with Crippen molar-refractivity contribution in [1.29, 1.82) is 0 Å². The second-order valence-corrected chi connectivity index (χ2v) is 8.51. The summed E-state index contributed by atoms with van der Waals surface area (Å²) in [5.74, 6) is 1.26. The van der Waals surface area contributed by atoms with Gasteiger partial charge in [0, 0.05) is 17.6 Å². The van der Waals surface area contributed by atoms with Gasteiger partial charge in [-0.1, -0.05) is 18.2 Å². The third-order valence-electron chi connectivity index (χ3n) is 4.92. The van der Waals surface area contributed by atoms with Gasteiger partial charge in [-0.2, -0.15) is 0 Å². The van der Waals surface area contributed by atoms with E-state index < -0.39 is 6.23 Å². The second kappa shape index (κ2) is 9.38. The van der Waals surface area contributed by atoms with Crippen molar-refractivity contribution in [2.24, 2.45) is 0 Å². The van der Waals surface area contributed by atoms with E-state index >= 15 is 0 Å². The van der Waals surface area contributed by atoms with Crippen molar-refractivity contribution in [3.63, 3.8) is 0 Å². The zero-order valence-corrected chi connectivity index (χ0v) is 18.5. The average Bonchev–Trinajstić information content (AvgIpc) is 3.17. The number of aryl methyl sites for hydroxylation is 1. The lowest BCUT2D eigenvalue weighted by molar-refractivity contribution is 0.134. The van der Waals surface area contributed by atoms with E-state index in [1.165, 1.54) is 0 Å². The van der Waals surface area contributed by atoms with Gasteiger partial charge < -0.3 is 15.2 Å². The Bertz CT molecular complexity index is 1150. The minimum absolute atomic E-state index is 0.0735. The molecular formula is C23H25N5O2S. The van der Waals surface area contributed by atoms with Crippen molar-refractivity contribution in [2.75, 3.05) is 12.4 Å². The molecule has 4 aromatic rings. The van der Waals surface area contributed by atoms with Crippen LogP contribution in [0.25, 0.3) is 10.2 Å². The summed E-state index contributed by atoms with van der Waals surface area (Å²) in [7, 11) is 1.64. The van der Waals surface area contributed by atoms with E-state index in [0.29, 0.717) is 18.2 Å². The first-order chi connectivity index (χ1) is 15.0. The monoisotopic (exact) mass is 435 g/mol. The molecule has 1 aromatic carbocycles. The van der Waals surface area contributed by atoms with E-state index in [9.17, 15) is 5.11 Å². The van der Waals surface area contributed by atoms with Gasteiger partial charge in [-0.15, -0.1) is 11.3 Å². The molecule has 3 aromatic heterocycles. The minimum Gasteiger partial charge on any atom is -0.497 e. The van der Waals surface area contributed by atoms with Crippen LogP contribution >= 0.6 is 11.3 Å². The summed E-state index contributed by atoms with van der Waals surface area (Å²) in [5, 5.41) is 17.4. The van der Waals surface area contributed by atoms with Crippen LogP contribution < -0.4 is 15.4 Å². The fourth-order valence-corrected chi connectivity index (χ4v) is 4.24. The molecule has 4 rings (SSSR count). The van der Waals surface area contributed by atoms with Gasteiger partial charge in [0.1, 0.15) is 17.7 Å². The Hall–Kier alpha value is -3.07. The fourth-order valence-electron chi connectivity index (χ4n) is 3.28. The van der Waals surface area contributed by atoms with E-state index in [4.69, 9.17) is 4.74 Å². The standard InChI is InChI=1S/C23H25N5O2S/c1-14-12-19-21(31-14)20(22(29)25-13-16-7-9-17(30-3)10-8-16)28-23(27-19)26-15(2)18-6-4-5-11-24-18/h4-12,15,22,25,29H,13H2,1-3H3,(H,26,27,28). The Morgan fingerprint density at radius 3 is 2.65 bits per heavy atom. The van der Waals surface area contributed by atoms with Crippen LogP contribution in [0.4, 0.5) is 5.95 Å². The first-order valence-electron chi connectivity index (χ1n) is 10.0. The lowest BCUT2D eigenvalue weighted by Gasteiger charge is -2.17. The highest BCUT2D eigenvalue weighted by atomic mass is 32.1. The highest BCUT2D eigenvalue weighted by molar-refractivity contribution is 7.19. The predicted octanol–water partition coefficient (Wildman–Crippen LogP) is 4.36. The summed E-state index contributed by atoms with van der Waals surface area (Å²) in [4.78, 5) is 14.8. The maximum atomic E-state index is 10.9. The van der Waals surface area contributed by atoms with Crippen molar-refractivity contribution >= 4 is 27.5 Å². The van der Waals surface area contributed by atoms with Crippen molar-refractivity contribution in [1.82, 2.24) is 20.3 Å². The number of hydrogen-bond acceptors (Lipinski definition) is 8. The molecule has 2 atom stereocenters. The van der Waals surface area contributed by atoms with Crippen LogP contribution in [0.3, 0.4) is 0 Å². The number of aliphatic hydroxyl groups excluding tert-OH is 1. The number of rotatable bonds is 8. The SMILES string of the molecule is COc1ccc(CNC(O)c2nc(NC(C)c3ccccn3)nc3cc(C)sc23)cc1. The predicted molar refractivity (Wildman–Crippen MR) is 123 cm³/mol. The molecule has 3 heterocycles. The summed E-state index contributed by atoms with van der Waals surface area (Å²) in [6.07, 6.45) is 0.828. The number of anilines is 1. The molecule has 0 bridgehead atoms. The number of aliphatic hydroxyl groups is 1. The Balaban J connectivity index is 1.56. The summed E-state index contributed by atoms with van der Waals surface area (Å²) in [6.45, 7) is 4.53. The van der Waals surface area contributed by atoms with Gasteiger partial charge in [0.15, 0.2) is 0 Å². The van der Waals surface area contributed by atoms with Gasteiger partial charge in [-0.3, -0.25) is 10.3 Å². The number of thiophene rings is 1. The number of nitrogens with zero attached hydrogens (tertiary/aromatic N) is 3. The molecule has 0 saturated heterocycles. The van der Waals surface area contributed by atoms with Crippen molar-refractivity contribution in [3.05, 3.63) is 76.6 Å². The maximum Gasteiger partial charge on any atom is 0.224 e. The maximum absolute atomic E-state index is 10.9. The highest BCUT2D eigenvalue weighted by Gasteiger charge is 2.19. The molecule has 2 unspecified atom stereocenters. The number of pyridine rings is 1. The first kappa shape index (κ1) is 21.2. The summed E-state index contributed by atoms with van der Waals surface area (Å²) in [6, 6.07) is 15.5. The molecule has 0 fully saturated rings. The van der Waals surface area contributed by atoms with Crippen LogP contribution in [-0.4, -0.2) is 27.2 Å². The van der Waals surface area contributed by atoms with Gasteiger partial charge in [-0.25, -0.2) is 9.97 Å². The average molecular weight is 436 g/mol. The lowest BCUT2D eigenvalue weighted by Crippen LogP contribution is -2.22. The molecule has 0 aliphatic carbocycles. The smallest absolute Gasteiger partial charge is 0.224 e. The van der Waals surface area contributed by atoms with Gasteiger partial charge in [0.25, 0.3) is 0 Å². The second-order valence-electron chi connectivity index (χ2n) is 7.26. The number of fused-ring (bicyclic) bond motifs is 1. The van der Waals surface area contributed by atoms with Crippen LogP contribution in [-0.2, 0) is 6.54 Å². The zero-order chi connectivity index (χ0) is 21.8. The number of aromatic nitrogens is 3. The van der Waals surface area contributed by atoms with E-state index in [0.717, 1.165) is 32.1 Å². The molecular weight excluding hydrogens is 410 g/mol. The van der Waals surface area contributed by atoms with Crippen LogP contribution in [0.5, 0.6) is 5.75 Å². The first-order valence-corrected chi connectivity index (χ1v) is 10.8. The van der Waals surface area contributed by atoms with Gasteiger partial charge in [0.2, 0.25) is 5.95 Å². The molecule has 3 N–H and O–H groups in total. The van der Waals surface area contributed by atoms with Gasteiger partial charge >= 0.3 is 0 Å². The summed E-state index contributed by atoms with van der Waals surface area (Å²) in [5.41, 5.74) is 3.31. The van der Waals surface area contributed by atoms with E-state index in [1.807, 2.05) is 62.4 Å². The molecule has 0 saturated carbocycles. The van der Waals surface area contributed by atoms with Crippen molar-refractivity contribution in [2.45, 2.75) is 32.7 Å². The normalized spacial score (nSPS) is 13.2. The minimum atomic E-state index is -0.934. The summed E-state index contributed by atoms with van der Waals surface area (Å²) < 4.78 is 6.07. The molecule has 0 spiro atoms. The molecule has 8 heteroatoms. The molecule has 0 amide bonds. The van der Waals surface area contributed by atoms with Gasteiger partial charge in [0.05, 0.1) is 29.1 Å². The van der Waals surface area contributed by atoms with Gasteiger partial charge in [-0.05, 0) is 49.7 Å². The number of nitrogens with one attached hydrogen (secondary N) is 2. The van der Waals surface area contributed by atoms with Crippen LogP contribution in [0.15, 0.2) is 54.7 Å². The molecule has 7 nitrogen and oxygen atoms in total. The molecule has 0 radical (unpaired) electrons. The number of benzene rings is 1. The van der Waals surface area contributed by atoms with E-state index in [1.54, 1.807) is 24.6 Å². The molecule has 0 aliphatic rings. The Kier molecular flexibility index (Phi) is 6.41.